The van der Waals surface area contributed by atoms with Gasteiger partial charge in [0.05, 0.1) is 13.2 Å². The van der Waals surface area contributed by atoms with Crippen LogP contribution in [0.1, 0.15) is 6.42 Å². The highest BCUT2D eigenvalue weighted by Crippen LogP contribution is 2.32. The Kier molecular flexibility index (Phi) is 4.92. The molecule has 1 saturated heterocycles. The molecule has 0 aliphatic carbocycles. The first kappa shape index (κ1) is 18.0. The molecule has 3 amide bonds. The van der Waals surface area contributed by atoms with E-state index in [9.17, 15) is 9.59 Å². The molecule has 4 rings (SSSR count). The summed E-state index contributed by atoms with van der Waals surface area (Å²) in [6, 6.07) is 11.9. The maximum absolute atomic E-state index is 12.4. The van der Waals surface area contributed by atoms with Crippen molar-refractivity contribution in [2.75, 3.05) is 37.1 Å². The highest BCUT2D eigenvalue weighted by molar-refractivity contribution is 5.97. The SMILES string of the molecule is COc1cccc(N2C[C@H](NC(=O)Nc3ccc4c(c3)OCCO4)CC2=O)c1. The molecule has 2 aliphatic heterocycles. The van der Waals surface area contributed by atoms with Gasteiger partial charge in [-0.15, -0.1) is 0 Å². The second kappa shape index (κ2) is 7.67. The fraction of sp³-hybridized carbons (Fsp3) is 0.300. The van der Waals surface area contributed by atoms with Gasteiger partial charge in [0, 0.05) is 36.5 Å². The van der Waals surface area contributed by atoms with Crippen LogP contribution in [0.3, 0.4) is 0 Å². The minimum Gasteiger partial charge on any atom is -0.497 e. The Labute approximate surface area is 162 Å². The molecule has 1 atom stereocenters. The molecule has 0 aromatic heterocycles. The number of rotatable bonds is 4. The van der Waals surface area contributed by atoms with Crippen LogP contribution in [0, 0.1) is 0 Å². The minimum atomic E-state index is -0.373. The summed E-state index contributed by atoms with van der Waals surface area (Å²) in [7, 11) is 1.58. The van der Waals surface area contributed by atoms with Crippen molar-refractivity contribution in [2.24, 2.45) is 0 Å². The van der Waals surface area contributed by atoms with E-state index in [0.29, 0.717) is 42.7 Å². The van der Waals surface area contributed by atoms with Gasteiger partial charge < -0.3 is 29.7 Å². The van der Waals surface area contributed by atoms with E-state index in [4.69, 9.17) is 14.2 Å². The Morgan fingerprint density at radius 1 is 1.14 bits per heavy atom. The Morgan fingerprint density at radius 2 is 1.96 bits per heavy atom. The van der Waals surface area contributed by atoms with E-state index >= 15 is 0 Å². The number of carbonyl (C=O) groups is 2. The summed E-state index contributed by atoms with van der Waals surface area (Å²) in [4.78, 5) is 26.4. The lowest BCUT2D eigenvalue weighted by molar-refractivity contribution is -0.117. The number of urea groups is 1. The van der Waals surface area contributed by atoms with Gasteiger partial charge in [-0.25, -0.2) is 4.79 Å². The number of anilines is 2. The first-order valence-corrected chi connectivity index (χ1v) is 9.04. The van der Waals surface area contributed by atoms with Gasteiger partial charge in [-0.1, -0.05) is 6.07 Å². The van der Waals surface area contributed by atoms with E-state index < -0.39 is 0 Å². The molecule has 2 aromatic carbocycles. The summed E-state index contributed by atoms with van der Waals surface area (Å²) in [6.07, 6.45) is 0.242. The zero-order valence-corrected chi connectivity index (χ0v) is 15.4. The summed E-state index contributed by atoms with van der Waals surface area (Å²) in [5, 5.41) is 5.62. The number of nitrogens with one attached hydrogen (secondary N) is 2. The molecule has 0 spiro atoms. The van der Waals surface area contributed by atoms with Crippen LogP contribution >= 0.6 is 0 Å². The first-order chi connectivity index (χ1) is 13.6. The lowest BCUT2D eigenvalue weighted by Crippen LogP contribution is -2.39. The third-order valence-corrected chi connectivity index (χ3v) is 4.63. The summed E-state index contributed by atoms with van der Waals surface area (Å²) in [6.45, 7) is 1.40. The highest BCUT2D eigenvalue weighted by Gasteiger charge is 2.31. The third-order valence-electron chi connectivity index (χ3n) is 4.63. The van der Waals surface area contributed by atoms with Gasteiger partial charge >= 0.3 is 6.03 Å². The second-order valence-electron chi connectivity index (χ2n) is 6.56. The van der Waals surface area contributed by atoms with Gasteiger partial charge in [0.2, 0.25) is 5.91 Å². The summed E-state index contributed by atoms with van der Waals surface area (Å²) >= 11 is 0. The maximum Gasteiger partial charge on any atom is 0.319 e. The van der Waals surface area contributed by atoms with Crippen LogP contribution in [-0.2, 0) is 4.79 Å². The summed E-state index contributed by atoms with van der Waals surface area (Å²) in [5.74, 6) is 1.90. The number of hydrogen-bond donors (Lipinski definition) is 2. The average Bonchev–Trinajstić information content (AvgIpc) is 3.07. The van der Waals surface area contributed by atoms with Crippen molar-refractivity contribution in [1.82, 2.24) is 5.32 Å². The lowest BCUT2D eigenvalue weighted by atomic mass is 10.2. The third kappa shape index (κ3) is 3.80. The molecular weight excluding hydrogens is 362 g/mol. The van der Waals surface area contributed by atoms with Crippen LogP contribution < -0.4 is 29.7 Å². The van der Waals surface area contributed by atoms with E-state index in [1.54, 1.807) is 36.3 Å². The molecular formula is C20H21N3O5. The molecule has 2 aliphatic rings. The van der Waals surface area contributed by atoms with E-state index in [1.165, 1.54) is 0 Å². The number of benzene rings is 2. The van der Waals surface area contributed by atoms with Crippen molar-refractivity contribution >= 4 is 23.3 Å². The van der Waals surface area contributed by atoms with Crippen LogP contribution in [-0.4, -0.2) is 44.8 Å². The molecule has 2 N–H and O–H groups in total. The van der Waals surface area contributed by atoms with Gasteiger partial charge in [0.1, 0.15) is 19.0 Å². The minimum absolute atomic E-state index is 0.0436. The van der Waals surface area contributed by atoms with Crippen molar-refractivity contribution in [3.05, 3.63) is 42.5 Å². The van der Waals surface area contributed by atoms with E-state index in [-0.39, 0.29) is 24.4 Å². The molecule has 2 heterocycles. The first-order valence-electron chi connectivity index (χ1n) is 9.04. The molecule has 1 fully saturated rings. The largest absolute Gasteiger partial charge is 0.497 e. The van der Waals surface area contributed by atoms with Crippen LogP contribution in [0.5, 0.6) is 17.2 Å². The molecule has 0 unspecified atom stereocenters. The maximum atomic E-state index is 12.4. The van der Waals surface area contributed by atoms with Crippen LogP contribution in [0.2, 0.25) is 0 Å². The number of amides is 3. The van der Waals surface area contributed by atoms with Crippen molar-refractivity contribution in [1.29, 1.82) is 0 Å². The smallest absolute Gasteiger partial charge is 0.319 e. The molecule has 2 aromatic rings. The topological polar surface area (TPSA) is 89.1 Å². The molecule has 8 heteroatoms. The van der Waals surface area contributed by atoms with Gasteiger partial charge in [-0.2, -0.15) is 0 Å². The fourth-order valence-corrected chi connectivity index (χ4v) is 3.31. The Bertz CT molecular complexity index is 901. The molecule has 0 radical (unpaired) electrons. The predicted octanol–water partition coefficient (Wildman–Crippen LogP) is 2.39. The van der Waals surface area contributed by atoms with Gasteiger partial charge in [-0.05, 0) is 24.3 Å². The standard InChI is InChI=1S/C20H21N3O5/c1-26-16-4-2-3-15(11-16)23-12-14(10-19(23)24)22-20(25)21-13-5-6-17-18(9-13)28-8-7-27-17/h2-6,9,11,14H,7-8,10,12H2,1H3,(H2,21,22,25)/t14-/m1/s1. The van der Waals surface area contributed by atoms with E-state index in [2.05, 4.69) is 10.6 Å². The van der Waals surface area contributed by atoms with E-state index in [1.807, 2.05) is 18.2 Å². The molecule has 28 heavy (non-hydrogen) atoms. The normalized spacial score (nSPS) is 18.0. The van der Waals surface area contributed by atoms with Crippen molar-refractivity contribution in [2.45, 2.75) is 12.5 Å². The number of carbonyl (C=O) groups excluding carboxylic acids is 2. The van der Waals surface area contributed by atoms with Crippen molar-refractivity contribution in [3.8, 4) is 17.2 Å². The van der Waals surface area contributed by atoms with Crippen molar-refractivity contribution < 1.29 is 23.8 Å². The van der Waals surface area contributed by atoms with Crippen LogP contribution in [0.4, 0.5) is 16.2 Å². The monoisotopic (exact) mass is 383 g/mol. The highest BCUT2D eigenvalue weighted by atomic mass is 16.6. The number of hydrogen-bond acceptors (Lipinski definition) is 5. The Hall–Kier alpha value is -3.42. The zero-order valence-electron chi connectivity index (χ0n) is 15.4. The Morgan fingerprint density at radius 3 is 2.79 bits per heavy atom. The second-order valence-corrected chi connectivity index (χ2v) is 6.56. The Balaban J connectivity index is 1.37. The quantitative estimate of drug-likeness (QED) is 0.846. The van der Waals surface area contributed by atoms with E-state index in [0.717, 1.165) is 5.69 Å². The zero-order chi connectivity index (χ0) is 19.5. The number of fused-ring (bicyclic) bond motifs is 1. The summed E-state index contributed by atoms with van der Waals surface area (Å²) < 4.78 is 16.2. The number of methoxy groups -OCH3 is 1. The molecule has 0 bridgehead atoms. The molecule has 146 valence electrons. The predicted molar refractivity (Wildman–Crippen MR) is 103 cm³/mol. The molecule has 0 saturated carbocycles. The molecule has 8 nitrogen and oxygen atoms in total. The average molecular weight is 383 g/mol. The van der Waals surface area contributed by atoms with Gasteiger partial charge in [-0.3, -0.25) is 4.79 Å². The number of nitrogens with zero attached hydrogens (tertiary/aromatic N) is 1. The van der Waals surface area contributed by atoms with Gasteiger partial charge in [0.15, 0.2) is 11.5 Å². The fourth-order valence-electron chi connectivity index (χ4n) is 3.31. The van der Waals surface area contributed by atoms with Crippen molar-refractivity contribution in [3.63, 3.8) is 0 Å². The number of ether oxygens (including phenoxy) is 3. The van der Waals surface area contributed by atoms with Crippen LogP contribution in [0.15, 0.2) is 42.5 Å². The van der Waals surface area contributed by atoms with Crippen LogP contribution in [0.25, 0.3) is 0 Å². The lowest BCUT2D eigenvalue weighted by Gasteiger charge is -2.20. The summed E-state index contributed by atoms with van der Waals surface area (Å²) in [5.41, 5.74) is 1.34. The van der Waals surface area contributed by atoms with Gasteiger partial charge in [0.25, 0.3) is 0 Å².